The summed E-state index contributed by atoms with van der Waals surface area (Å²) in [5.41, 5.74) is 0. The summed E-state index contributed by atoms with van der Waals surface area (Å²) in [4.78, 5) is 39.8. The molecule has 0 radical (unpaired) electrons. The van der Waals surface area contributed by atoms with Crippen LogP contribution in [0, 0.1) is 11.3 Å². The van der Waals surface area contributed by atoms with Crippen molar-refractivity contribution in [3.8, 4) is 0 Å². The zero-order valence-corrected chi connectivity index (χ0v) is 24.1. The molecule has 2 fully saturated rings. The summed E-state index contributed by atoms with van der Waals surface area (Å²) in [5.74, 6) is -1.19. The van der Waals surface area contributed by atoms with E-state index in [0.717, 1.165) is 29.6 Å². The Kier molecular flexibility index (Phi) is 10.5. The molecule has 1 saturated heterocycles. The van der Waals surface area contributed by atoms with E-state index in [4.69, 9.17) is 5.41 Å². The van der Waals surface area contributed by atoms with Gasteiger partial charge < -0.3 is 20.4 Å². The van der Waals surface area contributed by atoms with E-state index in [-0.39, 0.29) is 42.5 Å². The highest BCUT2D eigenvalue weighted by atomic mass is 32.2. The van der Waals surface area contributed by atoms with Crippen LogP contribution in [0.4, 0.5) is 4.79 Å². The van der Waals surface area contributed by atoms with Gasteiger partial charge in [-0.25, -0.2) is 18.2 Å². The van der Waals surface area contributed by atoms with Gasteiger partial charge >= 0.3 is 6.09 Å². The van der Waals surface area contributed by atoms with Crippen molar-refractivity contribution in [1.82, 2.24) is 25.0 Å². The summed E-state index contributed by atoms with van der Waals surface area (Å²) in [6.45, 7) is 1.09. The molecule has 42 heavy (non-hydrogen) atoms. The molecule has 4 rings (SSSR count). The SMILES string of the molecule is N=CN(C(=O)O)N1CCC[C@@H](CNC(=O)[C@H](CC(=O)N(CCCO)C2CC2)NS(=O)(=O)c2ccc3ccccc3c2)C1. The van der Waals surface area contributed by atoms with Gasteiger partial charge in [-0.2, -0.15) is 9.73 Å². The Labute approximate surface area is 245 Å². The van der Waals surface area contributed by atoms with Crippen LogP contribution in [-0.2, 0) is 19.6 Å². The van der Waals surface area contributed by atoms with E-state index >= 15 is 0 Å². The smallest absolute Gasteiger partial charge is 0.427 e. The molecule has 1 aliphatic heterocycles. The zero-order valence-electron chi connectivity index (χ0n) is 23.3. The molecule has 5 N–H and O–H groups in total. The van der Waals surface area contributed by atoms with E-state index in [1.54, 1.807) is 23.1 Å². The number of rotatable bonds is 14. The predicted octanol–water partition coefficient (Wildman–Crippen LogP) is 1.58. The lowest BCUT2D eigenvalue weighted by atomic mass is 9.99. The second kappa shape index (κ2) is 14.1. The van der Waals surface area contributed by atoms with Crippen molar-refractivity contribution in [3.63, 3.8) is 0 Å². The fraction of sp³-hybridized carbons (Fsp3) is 0.500. The summed E-state index contributed by atoms with van der Waals surface area (Å²) in [6.07, 6.45) is 2.41. The topological polar surface area (TPSA) is 183 Å². The summed E-state index contributed by atoms with van der Waals surface area (Å²) in [7, 11) is -4.19. The quantitative estimate of drug-likeness (QED) is 0.159. The molecule has 1 heterocycles. The Balaban J connectivity index is 1.49. The average Bonchev–Trinajstić information content (AvgIpc) is 3.81. The van der Waals surface area contributed by atoms with Crippen molar-refractivity contribution in [3.05, 3.63) is 42.5 Å². The second-order valence-electron chi connectivity index (χ2n) is 10.7. The molecule has 0 unspecified atom stereocenters. The molecule has 2 aromatic rings. The van der Waals surface area contributed by atoms with E-state index < -0.39 is 34.5 Å². The van der Waals surface area contributed by atoms with Crippen molar-refractivity contribution in [2.24, 2.45) is 5.92 Å². The number of aliphatic hydroxyl groups excluding tert-OH is 1. The molecule has 228 valence electrons. The number of hydrogen-bond donors (Lipinski definition) is 5. The average molecular weight is 603 g/mol. The van der Waals surface area contributed by atoms with E-state index in [1.165, 1.54) is 17.1 Å². The van der Waals surface area contributed by atoms with Gasteiger partial charge in [-0.3, -0.25) is 15.0 Å². The zero-order chi connectivity index (χ0) is 30.3. The van der Waals surface area contributed by atoms with Crippen LogP contribution in [0.5, 0.6) is 0 Å². The first-order valence-electron chi connectivity index (χ1n) is 14.1. The maximum absolute atomic E-state index is 13.4. The van der Waals surface area contributed by atoms with Crippen LogP contribution in [0.15, 0.2) is 47.4 Å². The number of hydrogen-bond acceptors (Lipinski definition) is 8. The normalized spacial score (nSPS) is 18.3. The molecule has 2 atom stereocenters. The van der Waals surface area contributed by atoms with E-state index in [2.05, 4.69) is 10.0 Å². The highest BCUT2D eigenvalue weighted by Crippen LogP contribution is 2.28. The van der Waals surface area contributed by atoms with Gasteiger partial charge in [0.15, 0.2) is 0 Å². The van der Waals surface area contributed by atoms with Gasteiger partial charge in [-0.15, -0.1) is 0 Å². The van der Waals surface area contributed by atoms with Crippen molar-refractivity contribution in [1.29, 1.82) is 5.41 Å². The van der Waals surface area contributed by atoms with Crippen molar-refractivity contribution < 1.29 is 33.0 Å². The Morgan fingerprint density at radius 2 is 1.86 bits per heavy atom. The van der Waals surface area contributed by atoms with Crippen molar-refractivity contribution in [2.45, 2.75) is 55.5 Å². The molecule has 1 saturated carbocycles. The van der Waals surface area contributed by atoms with Gasteiger partial charge in [0, 0.05) is 38.8 Å². The summed E-state index contributed by atoms with van der Waals surface area (Å²) in [6, 6.07) is 10.6. The Morgan fingerprint density at radius 1 is 1.12 bits per heavy atom. The van der Waals surface area contributed by atoms with Crippen LogP contribution in [-0.4, -0.2) is 103 Å². The first-order chi connectivity index (χ1) is 20.1. The number of hydrazine groups is 1. The molecule has 2 aliphatic rings. The number of aliphatic hydroxyl groups is 1. The first-order valence-corrected chi connectivity index (χ1v) is 15.6. The lowest BCUT2D eigenvalue weighted by Gasteiger charge is -2.36. The summed E-state index contributed by atoms with van der Waals surface area (Å²) >= 11 is 0. The number of carboxylic acid groups (broad SMARTS) is 1. The van der Waals surface area contributed by atoms with Gasteiger partial charge in [-0.1, -0.05) is 30.3 Å². The van der Waals surface area contributed by atoms with Crippen LogP contribution in [0.2, 0.25) is 0 Å². The van der Waals surface area contributed by atoms with Crippen LogP contribution in [0.3, 0.4) is 0 Å². The number of nitrogens with one attached hydrogen (secondary N) is 3. The Morgan fingerprint density at radius 3 is 2.52 bits per heavy atom. The standard InChI is InChI=1S/C28H38N6O7S/c29-19-34(28(38)39)32-12-3-5-20(18-32)17-30-27(37)25(16-26(36)33(13-4-14-35)23-9-10-23)31-42(40,41)24-11-8-21-6-1-2-7-22(21)15-24/h1-2,6-8,11,15,19-20,23,25,29,31,35H,3-5,9-10,12-14,16-18H2,(H,30,37)(H,38,39)/t20-,25-/m0/s1. The van der Waals surface area contributed by atoms with E-state index in [0.29, 0.717) is 37.7 Å². The molecular weight excluding hydrogens is 564 g/mol. The van der Waals surface area contributed by atoms with Crippen LogP contribution < -0.4 is 10.0 Å². The number of nitrogens with zero attached hydrogens (tertiary/aromatic N) is 3. The van der Waals surface area contributed by atoms with Crippen molar-refractivity contribution >= 4 is 45.0 Å². The van der Waals surface area contributed by atoms with Gasteiger partial charge in [0.2, 0.25) is 21.8 Å². The van der Waals surface area contributed by atoms with E-state index in [1.807, 2.05) is 12.1 Å². The minimum atomic E-state index is -4.19. The lowest BCUT2D eigenvalue weighted by molar-refractivity contribution is -0.135. The van der Waals surface area contributed by atoms with Gasteiger partial charge in [-0.05, 0) is 60.9 Å². The number of fused-ring (bicyclic) bond motifs is 1. The number of piperidine rings is 1. The Hall–Kier alpha value is -3.59. The molecular formula is C28H38N6O7S. The fourth-order valence-corrected chi connectivity index (χ4v) is 6.47. The van der Waals surface area contributed by atoms with Gasteiger partial charge in [0.25, 0.3) is 0 Å². The van der Waals surface area contributed by atoms with E-state index in [9.17, 15) is 33.0 Å². The number of carbonyl (C=O) groups excluding carboxylic acids is 2. The summed E-state index contributed by atoms with van der Waals surface area (Å²) < 4.78 is 29.3. The molecule has 1 aliphatic carbocycles. The molecule has 13 nitrogen and oxygen atoms in total. The number of sulfonamides is 1. The minimum Gasteiger partial charge on any atom is -0.464 e. The molecule has 0 spiro atoms. The Bertz CT molecular complexity index is 1400. The third-order valence-electron chi connectivity index (χ3n) is 7.57. The van der Waals surface area contributed by atoms with Gasteiger partial charge in [0.1, 0.15) is 12.4 Å². The highest BCUT2D eigenvalue weighted by Gasteiger charge is 2.36. The number of benzene rings is 2. The molecule has 14 heteroatoms. The summed E-state index contributed by atoms with van der Waals surface area (Å²) in [5, 5.41) is 32.6. The third kappa shape index (κ3) is 8.03. The molecule has 2 aromatic carbocycles. The van der Waals surface area contributed by atoms with Crippen LogP contribution in [0.25, 0.3) is 10.8 Å². The number of amides is 3. The monoisotopic (exact) mass is 602 g/mol. The maximum atomic E-state index is 13.4. The van der Waals surface area contributed by atoms with Gasteiger partial charge in [0.05, 0.1) is 11.3 Å². The van der Waals surface area contributed by atoms with Crippen LogP contribution in [0.1, 0.15) is 38.5 Å². The van der Waals surface area contributed by atoms with Crippen LogP contribution >= 0.6 is 0 Å². The maximum Gasteiger partial charge on any atom is 0.427 e. The lowest BCUT2D eigenvalue weighted by Crippen LogP contribution is -2.53. The fourth-order valence-electron chi connectivity index (χ4n) is 5.24. The first kappa shape index (κ1) is 31.3. The third-order valence-corrected chi connectivity index (χ3v) is 9.04. The highest BCUT2D eigenvalue weighted by molar-refractivity contribution is 7.89. The largest absolute Gasteiger partial charge is 0.464 e. The molecule has 3 amide bonds. The predicted molar refractivity (Wildman–Crippen MR) is 155 cm³/mol. The minimum absolute atomic E-state index is 0.0177. The molecule has 0 bridgehead atoms. The second-order valence-corrected chi connectivity index (χ2v) is 12.4. The van der Waals surface area contributed by atoms with Crippen molar-refractivity contribution in [2.75, 3.05) is 32.8 Å². The number of carbonyl (C=O) groups is 3. The molecule has 0 aromatic heterocycles.